The van der Waals surface area contributed by atoms with Gasteiger partial charge in [-0.05, 0) is 34.7 Å². The van der Waals surface area contributed by atoms with E-state index < -0.39 is 6.04 Å². The van der Waals surface area contributed by atoms with E-state index in [4.69, 9.17) is 4.74 Å². The predicted octanol–water partition coefficient (Wildman–Crippen LogP) is 1.37. The molecule has 8 nitrogen and oxygen atoms in total. The molecule has 0 bridgehead atoms. The molecule has 160 valence electrons. The van der Waals surface area contributed by atoms with Gasteiger partial charge in [0, 0.05) is 33.3 Å². The number of hydrogen-bond donors (Lipinski definition) is 1. The average molecular weight is 423 g/mol. The topological polar surface area (TPSA) is 82.2 Å². The summed E-state index contributed by atoms with van der Waals surface area (Å²) in [5.74, 6) is 0.0687. The van der Waals surface area contributed by atoms with Crippen molar-refractivity contribution in [2.24, 2.45) is 5.92 Å². The van der Waals surface area contributed by atoms with Crippen LogP contribution in [0.25, 0.3) is 0 Å². The minimum atomic E-state index is -0.475. The quantitative estimate of drug-likeness (QED) is 0.652. The molecule has 0 saturated carbocycles. The molecule has 3 rings (SSSR count). The summed E-state index contributed by atoms with van der Waals surface area (Å²) in [4.78, 5) is 43.5. The summed E-state index contributed by atoms with van der Waals surface area (Å²) in [7, 11) is 1.61. The average Bonchev–Trinajstić information content (AvgIpc) is 3.29. The number of thiophene rings is 1. The third-order valence-corrected chi connectivity index (χ3v) is 6.08. The van der Waals surface area contributed by atoms with E-state index in [9.17, 15) is 14.4 Å². The van der Waals surface area contributed by atoms with E-state index in [0.717, 1.165) is 5.56 Å². The van der Waals surface area contributed by atoms with Crippen molar-refractivity contribution in [3.05, 3.63) is 22.4 Å². The van der Waals surface area contributed by atoms with Crippen molar-refractivity contribution >= 4 is 29.2 Å². The maximum absolute atomic E-state index is 13.0. The van der Waals surface area contributed by atoms with E-state index in [0.29, 0.717) is 39.2 Å². The third kappa shape index (κ3) is 5.08. The second-order valence-electron chi connectivity index (χ2n) is 8.05. The van der Waals surface area contributed by atoms with Gasteiger partial charge in [-0.1, -0.05) is 13.8 Å². The molecule has 0 spiro atoms. The van der Waals surface area contributed by atoms with Crippen LogP contribution in [0.5, 0.6) is 0 Å². The van der Waals surface area contributed by atoms with Gasteiger partial charge < -0.3 is 24.8 Å². The van der Waals surface area contributed by atoms with Crippen molar-refractivity contribution in [1.29, 1.82) is 0 Å². The number of ether oxygens (including phenoxy) is 1. The number of fused-ring (bicyclic) bond motifs is 1. The molecule has 0 unspecified atom stereocenters. The van der Waals surface area contributed by atoms with Crippen LogP contribution in [0, 0.1) is 5.92 Å². The Balaban J connectivity index is 1.65. The molecule has 2 aliphatic rings. The molecule has 1 aromatic heterocycles. The number of hydrogen-bond acceptors (Lipinski definition) is 5. The summed E-state index contributed by atoms with van der Waals surface area (Å²) in [6.45, 7) is 6.48. The highest BCUT2D eigenvalue weighted by molar-refractivity contribution is 7.07. The van der Waals surface area contributed by atoms with Crippen LogP contribution in [0.15, 0.2) is 16.8 Å². The minimum Gasteiger partial charge on any atom is -0.383 e. The lowest BCUT2D eigenvalue weighted by molar-refractivity contribution is -0.143. The molecule has 2 saturated heterocycles. The van der Waals surface area contributed by atoms with E-state index in [1.165, 1.54) is 0 Å². The van der Waals surface area contributed by atoms with Crippen LogP contribution >= 0.6 is 11.3 Å². The summed E-state index contributed by atoms with van der Waals surface area (Å²) in [5, 5.41) is 6.81. The molecule has 0 aliphatic carbocycles. The second kappa shape index (κ2) is 9.58. The number of methoxy groups -OCH3 is 1. The fourth-order valence-corrected chi connectivity index (χ4v) is 4.64. The van der Waals surface area contributed by atoms with Crippen LogP contribution < -0.4 is 5.32 Å². The number of carbonyl (C=O) groups excluding carboxylic acids is 3. The first-order valence-corrected chi connectivity index (χ1v) is 11.0. The summed E-state index contributed by atoms with van der Waals surface area (Å²) >= 11 is 1.58. The summed E-state index contributed by atoms with van der Waals surface area (Å²) in [6.07, 6.45) is 0.614. The summed E-state index contributed by atoms with van der Waals surface area (Å²) in [5.41, 5.74) is 1.05. The second-order valence-corrected chi connectivity index (χ2v) is 8.83. The lowest BCUT2D eigenvalue weighted by Crippen LogP contribution is -2.61. The van der Waals surface area contributed by atoms with Gasteiger partial charge in [0.2, 0.25) is 11.8 Å². The van der Waals surface area contributed by atoms with E-state index in [1.54, 1.807) is 33.1 Å². The fourth-order valence-electron chi connectivity index (χ4n) is 3.97. The lowest BCUT2D eigenvalue weighted by atomic mass is 9.97. The fraction of sp³-hybridized carbons (Fsp3) is 0.650. The first kappa shape index (κ1) is 21.6. The van der Waals surface area contributed by atoms with Gasteiger partial charge in [-0.3, -0.25) is 9.59 Å². The highest BCUT2D eigenvalue weighted by Gasteiger charge is 2.49. The van der Waals surface area contributed by atoms with E-state index in [-0.39, 0.29) is 36.3 Å². The van der Waals surface area contributed by atoms with Crippen LogP contribution in [0.1, 0.15) is 25.8 Å². The molecule has 4 amide bonds. The van der Waals surface area contributed by atoms with Crippen LogP contribution in [-0.4, -0.2) is 84.5 Å². The summed E-state index contributed by atoms with van der Waals surface area (Å²) in [6, 6.07) is 1.18. The SMILES string of the molecule is COCCN1C[C@@H]2CN(CC(=O)NCc3ccsc3)C(=O)N2[C@@H](CC(C)C)C1=O. The minimum absolute atomic E-state index is 0.0105. The molecule has 9 heteroatoms. The van der Waals surface area contributed by atoms with E-state index in [2.05, 4.69) is 5.32 Å². The monoisotopic (exact) mass is 422 g/mol. The number of rotatable bonds is 9. The number of carbonyl (C=O) groups is 3. The smallest absolute Gasteiger partial charge is 0.321 e. The normalized spacial score (nSPS) is 21.9. The largest absolute Gasteiger partial charge is 0.383 e. The first-order chi connectivity index (χ1) is 13.9. The van der Waals surface area contributed by atoms with Crippen molar-refractivity contribution < 1.29 is 19.1 Å². The van der Waals surface area contributed by atoms with Crippen molar-refractivity contribution in [2.45, 2.75) is 38.9 Å². The Hall–Kier alpha value is -2.13. The standard InChI is InChI=1S/C20H30N4O4S/c1-14(2)8-17-19(26)22(5-6-28-3)10-16-11-23(20(27)24(16)17)12-18(25)21-9-15-4-7-29-13-15/h4,7,13-14,16-17H,5-6,8-12H2,1-3H3,(H,21,25)/t16-,17+/m1/s1. The lowest BCUT2D eigenvalue weighted by Gasteiger charge is -2.42. The number of nitrogens with zero attached hydrogens (tertiary/aromatic N) is 3. The van der Waals surface area contributed by atoms with Gasteiger partial charge in [0.25, 0.3) is 0 Å². The Kier molecular flexibility index (Phi) is 7.13. The molecule has 3 heterocycles. The Labute approximate surface area is 175 Å². The Morgan fingerprint density at radius 3 is 2.72 bits per heavy atom. The highest BCUT2D eigenvalue weighted by atomic mass is 32.1. The van der Waals surface area contributed by atoms with E-state index in [1.807, 2.05) is 30.7 Å². The molecular weight excluding hydrogens is 392 g/mol. The van der Waals surface area contributed by atoms with Crippen molar-refractivity contribution in [3.8, 4) is 0 Å². The number of amides is 4. The molecule has 2 aliphatic heterocycles. The third-order valence-electron chi connectivity index (χ3n) is 5.34. The Morgan fingerprint density at radius 1 is 1.31 bits per heavy atom. The maximum atomic E-state index is 13.0. The molecule has 1 aromatic rings. The molecule has 29 heavy (non-hydrogen) atoms. The van der Waals surface area contributed by atoms with Gasteiger partial charge in [0.05, 0.1) is 12.6 Å². The summed E-state index contributed by atoms with van der Waals surface area (Å²) < 4.78 is 5.14. The number of urea groups is 1. The molecular formula is C20H30N4O4S. The van der Waals surface area contributed by atoms with Gasteiger partial charge in [-0.25, -0.2) is 4.79 Å². The zero-order chi connectivity index (χ0) is 21.0. The van der Waals surface area contributed by atoms with Crippen LogP contribution in [0.3, 0.4) is 0 Å². The van der Waals surface area contributed by atoms with Gasteiger partial charge in [-0.2, -0.15) is 11.3 Å². The Morgan fingerprint density at radius 2 is 2.07 bits per heavy atom. The van der Waals surface area contributed by atoms with Crippen molar-refractivity contribution in [3.63, 3.8) is 0 Å². The predicted molar refractivity (Wildman–Crippen MR) is 110 cm³/mol. The van der Waals surface area contributed by atoms with E-state index >= 15 is 0 Å². The first-order valence-electron chi connectivity index (χ1n) is 10.0. The van der Waals surface area contributed by atoms with Gasteiger partial charge >= 0.3 is 6.03 Å². The van der Waals surface area contributed by atoms with Crippen molar-refractivity contribution in [1.82, 2.24) is 20.0 Å². The number of piperazine rings is 1. The van der Waals surface area contributed by atoms with Gasteiger partial charge in [-0.15, -0.1) is 0 Å². The molecule has 0 aromatic carbocycles. The van der Waals surface area contributed by atoms with Gasteiger partial charge in [0.1, 0.15) is 12.6 Å². The maximum Gasteiger partial charge on any atom is 0.321 e. The highest BCUT2D eigenvalue weighted by Crippen LogP contribution is 2.29. The van der Waals surface area contributed by atoms with Crippen molar-refractivity contribution in [2.75, 3.05) is 39.9 Å². The zero-order valence-corrected chi connectivity index (χ0v) is 18.1. The zero-order valence-electron chi connectivity index (χ0n) is 17.3. The van der Waals surface area contributed by atoms with Crippen LogP contribution in [0.4, 0.5) is 4.79 Å². The van der Waals surface area contributed by atoms with Crippen LogP contribution in [-0.2, 0) is 20.9 Å². The molecule has 0 radical (unpaired) electrons. The molecule has 2 atom stereocenters. The molecule has 1 N–H and O–H groups in total. The number of nitrogens with one attached hydrogen (secondary N) is 1. The Bertz CT molecular complexity index is 724. The molecule has 2 fully saturated rings. The van der Waals surface area contributed by atoms with Crippen LogP contribution in [0.2, 0.25) is 0 Å². The van der Waals surface area contributed by atoms with Gasteiger partial charge in [0.15, 0.2) is 0 Å².